The van der Waals surface area contributed by atoms with E-state index in [0.29, 0.717) is 17.8 Å². The van der Waals surface area contributed by atoms with Crippen LogP contribution in [0.3, 0.4) is 0 Å². The van der Waals surface area contributed by atoms with Crippen molar-refractivity contribution in [2.24, 2.45) is 23.2 Å². The second kappa shape index (κ2) is 6.24. The van der Waals surface area contributed by atoms with Crippen LogP contribution in [0.15, 0.2) is 42.5 Å². The number of hydrogen-bond acceptors (Lipinski definition) is 4. The van der Waals surface area contributed by atoms with Crippen molar-refractivity contribution in [1.29, 1.82) is 0 Å². The summed E-state index contributed by atoms with van der Waals surface area (Å²) in [5, 5.41) is 6.67. The maximum atomic E-state index is 13.5. The van der Waals surface area contributed by atoms with Gasteiger partial charge in [0.25, 0.3) is 5.91 Å². The van der Waals surface area contributed by atoms with Crippen molar-refractivity contribution in [3.63, 3.8) is 0 Å². The molecule has 5 fully saturated rings. The lowest BCUT2D eigenvalue weighted by molar-refractivity contribution is -0.189. The van der Waals surface area contributed by atoms with Crippen LogP contribution in [0.1, 0.15) is 46.0 Å². The smallest absolute Gasteiger partial charge is 0.311 e. The van der Waals surface area contributed by atoms with Gasteiger partial charge >= 0.3 is 5.97 Å². The Morgan fingerprint density at radius 3 is 2.39 bits per heavy atom. The number of hydrogen-bond donors (Lipinski definition) is 0. The van der Waals surface area contributed by atoms with E-state index < -0.39 is 5.54 Å². The molecule has 2 aromatic rings. The Kier molecular flexibility index (Phi) is 3.86. The SMILES string of the molecule is COC(=O)[C@]12CC3CC(C1)[C@@H](N1C(=O)C(C)(C)N1c1cccc4ccccc14)[C@@H](C3)C2. The van der Waals surface area contributed by atoms with Crippen LogP contribution in [-0.4, -0.2) is 35.6 Å². The first-order valence-electron chi connectivity index (χ1n) is 11.6. The minimum absolute atomic E-state index is 0.0356. The molecule has 0 radical (unpaired) electrons. The largest absolute Gasteiger partial charge is 0.469 e. The fraction of sp³-hybridized carbons (Fsp3) is 0.538. The first-order valence-corrected chi connectivity index (χ1v) is 11.6. The van der Waals surface area contributed by atoms with Crippen LogP contribution in [0.5, 0.6) is 0 Å². The van der Waals surface area contributed by atoms with Crippen LogP contribution < -0.4 is 5.01 Å². The maximum absolute atomic E-state index is 13.5. The molecular formula is C26H30N2O3. The quantitative estimate of drug-likeness (QED) is 0.686. The summed E-state index contributed by atoms with van der Waals surface area (Å²) in [5.41, 5.74) is 0.202. The second-order valence-corrected chi connectivity index (χ2v) is 10.8. The first-order chi connectivity index (χ1) is 14.9. The van der Waals surface area contributed by atoms with Gasteiger partial charge in [0.05, 0.1) is 24.3 Å². The van der Waals surface area contributed by atoms with Gasteiger partial charge in [-0.15, -0.1) is 0 Å². The molecule has 5 atom stereocenters. The van der Waals surface area contributed by atoms with Gasteiger partial charge in [-0.3, -0.25) is 14.6 Å². The summed E-state index contributed by atoms with van der Waals surface area (Å²) in [6, 6.07) is 14.9. The zero-order valence-electron chi connectivity index (χ0n) is 18.5. The molecule has 2 unspecified atom stereocenters. The standard InChI is InChI=1S/C26H30N2O3/c1-25(2)23(29)27(28(25)21-10-6-8-17-7-4-5-9-20(17)21)22-18-11-16-12-19(22)15-26(13-16,14-18)24(30)31-3/h4-10,16,18-19,22H,11-15H2,1-3H3/t16?,18-,19?,22-,26-/m0/s1. The number of fused-ring (bicyclic) bond motifs is 1. The van der Waals surface area contributed by atoms with Crippen LogP contribution >= 0.6 is 0 Å². The lowest BCUT2D eigenvalue weighted by atomic mass is 9.47. The third-order valence-corrected chi connectivity index (χ3v) is 8.60. The van der Waals surface area contributed by atoms with Gasteiger partial charge in [0.1, 0.15) is 5.54 Å². The van der Waals surface area contributed by atoms with Crippen LogP contribution in [0, 0.1) is 23.2 Å². The highest BCUT2D eigenvalue weighted by Crippen LogP contribution is 2.63. The molecule has 1 saturated heterocycles. The van der Waals surface area contributed by atoms with E-state index in [-0.39, 0.29) is 23.3 Å². The van der Waals surface area contributed by atoms with Crippen molar-refractivity contribution >= 4 is 28.3 Å². The third-order valence-electron chi connectivity index (χ3n) is 8.60. The van der Waals surface area contributed by atoms with E-state index in [1.807, 2.05) is 13.8 Å². The number of ether oxygens (including phenoxy) is 1. The molecule has 4 aliphatic carbocycles. The first kappa shape index (κ1) is 19.1. The molecule has 5 aliphatic rings. The van der Waals surface area contributed by atoms with Crippen LogP contribution in [0.25, 0.3) is 10.8 Å². The minimum Gasteiger partial charge on any atom is -0.469 e. The fourth-order valence-electron chi connectivity index (χ4n) is 7.63. The summed E-state index contributed by atoms with van der Waals surface area (Å²) in [6.45, 7) is 4.05. The summed E-state index contributed by atoms with van der Waals surface area (Å²) >= 11 is 0. The summed E-state index contributed by atoms with van der Waals surface area (Å²) < 4.78 is 5.23. The normalized spacial score (nSPS) is 35.4. The Labute approximate surface area is 183 Å². The van der Waals surface area contributed by atoms with Gasteiger partial charge in [-0.25, -0.2) is 5.01 Å². The van der Waals surface area contributed by atoms with Crippen LogP contribution in [0.2, 0.25) is 0 Å². The summed E-state index contributed by atoms with van der Waals surface area (Å²) in [7, 11) is 1.52. The number of amides is 1. The third kappa shape index (κ3) is 2.43. The van der Waals surface area contributed by atoms with E-state index >= 15 is 0 Å². The number of nitrogens with zero attached hydrogens (tertiary/aromatic N) is 2. The molecule has 7 rings (SSSR count). The van der Waals surface area contributed by atoms with Gasteiger partial charge < -0.3 is 4.74 Å². The number of carbonyl (C=O) groups is 2. The number of hydrazine groups is 1. The average Bonchev–Trinajstić information content (AvgIpc) is 2.76. The van der Waals surface area contributed by atoms with Gasteiger partial charge in [0.2, 0.25) is 0 Å². The molecule has 162 valence electrons. The monoisotopic (exact) mass is 418 g/mol. The lowest BCUT2D eigenvalue weighted by Gasteiger charge is -2.67. The summed E-state index contributed by atoms with van der Waals surface area (Å²) in [5.74, 6) is 1.48. The average molecular weight is 419 g/mol. The predicted molar refractivity (Wildman–Crippen MR) is 119 cm³/mol. The lowest BCUT2D eigenvalue weighted by Crippen LogP contribution is -2.80. The molecule has 1 aliphatic heterocycles. The summed E-state index contributed by atoms with van der Waals surface area (Å²) in [6.07, 6.45) is 4.91. The highest BCUT2D eigenvalue weighted by Gasteiger charge is 2.65. The highest BCUT2D eigenvalue weighted by atomic mass is 16.5. The maximum Gasteiger partial charge on any atom is 0.311 e. The Morgan fingerprint density at radius 1 is 1.00 bits per heavy atom. The zero-order valence-corrected chi connectivity index (χ0v) is 18.5. The van der Waals surface area contributed by atoms with E-state index in [9.17, 15) is 9.59 Å². The second-order valence-electron chi connectivity index (χ2n) is 10.8. The van der Waals surface area contributed by atoms with Gasteiger partial charge in [-0.1, -0.05) is 36.4 Å². The van der Waals surface area contributed by atoms with Gasteiger partial charge in [-0.05, 0) is 75.2 Å². The molecule has 0 spiro atoms. The number of methoxy groups -OCH3 is 1. The molecule has 0 aromatic heterocycles. The molecule has 0 N–H and O–H groups in total. The van der Waals surface area contributed by atoms with E-state index in [1.165, 1.54) is 17.9 Å². The summed E-state index contributed by atoms with van der Waals surface area (Å²) in [4.78, 5) is 26.2. The van der Waals surface area contributed by atoms with E-state index in [2.05, 4.69) is 52.5 Å². The minimum atomic E-state index is -0.571. The molecular weight excluding hydrogens is 388 g/mol. The molecule has 2 aromatic carbocycles. The van der Waals surface area contributed by atoms with Gasteiger partial charge in [0.15, 0.2) is 0 Å². The van der Waals surface area contributed by atoms with Crippen molar-refractivity contribution in [2.75, 3.05) is 12.1 Å². The van der Waals surface area contributed by atoms with E-state index in [1.54, 1.807) is 0 Å². The Morgan fingerprint density at radius 2 is 1.68 bits per heavy atom. The van der Waals surface area contributed by atoms with Crippen LogP contribution in [-0.2, 0) is 14.3 Å². The molecule has 1 heterocycles. The van der Waals surface area contributed by atoms with Crippen molar-refractivity contribution in [3.05, 3.63) is 42.5 Å². The molecule has 1 amide bonds. The Hall–Kier alpha value is -2.56. The Balaban J connectivity index is 1.41. The van der Waals surface area contributed by atoms with Gasteiger partial charge in [0, 0.05) is 5.39 Å². The molecule has 31 heavy (non-hydrogen) atoms. The molecule has 4 saturated carbocycles. The molecule has 5 nitrogen and oxygen atoms in total. The highest BCUT2D eigenvalue weighted by molar-refractivity contribution is 6.03. The van der Waals surface area contributed by atoms with Crippen molar-refractivity contribution < 1.29 is 14.3 Å². The number of anilines is 1. The van der Waals surface area contributed by atoms with Crippen LogP contribution in [0.4, 0.5) is 5.69 Å². The van der Waals surface area contributed by atoms with Crippen molar-refractivity contribution in [3.8, 4) is 0 Å². The number of esters is 1. The zero-order chi connectivity index (χ0) is 21.5. The Bertz CT molecular complexity index is 1070. The number of rotatable bonds is 3. The number of benzene rings is 2. The number of carbonyl (C=O) groups excluding carboxylic acids is 2. The van der Waals surface area contributed by atoms with Crippen molar-refractivity contribution in [1.82, 2.24) is 5.01 Å². The van der Waals surface area contributed by atoms with Crippen molar-refractivity contribution in [2.45, 2.75) is 57.5 Å². The van der Waals surface area contributed by atoms with Gasteiger partial charge in [-0.2, -0.15) is 0 Å². The molecule has 4 bridgehead atoms. The fourth-order valence-corrected chi connectivity index (χ4v) is 7.63. The molecule has 5 heteroatoms. The predicted octanol–water partition coefficient (Wildman–Crippen LogP) is 4.55. The van der Waals surface area contributed by atoms with E-state index in [0.717, 1.165) is 37.8 Å². The topological polar surface area (TPSA) is 49.9 Å². The van der Waals surface area contributed by atoms with E-state index in [4.69, 9.17) is 4.74 Å².